The summed E-state index contributed by atoms with van der Waals surface area (Å²) in [7, 11) is 1.35. The van der Waals surface area contributed by atoms with Gasteiger partial charge in [-0.05, 0) is 41.8 Å². The highest BCUT2D eigenvalue weighted by Gasteiger charge is 2.23. The number of nitrogens with one attached hydrogen (secondary N) is 2. The van der Waals surface area contributed by atoms with Crippen LogP contribution in [0.1, 0.15) is 11.1 Å². The van der Waals surface area contributed by atoms with Crippen molar-refractivity contribution in [1.82, 2.24) is 10.6 Å². The quantitative estimate of drug-likeness (QED) is 0.195. The van der Waals surface area contributed by atoms with Gasteiger partial charge in [0.1, 0.15) is 6.04 Å². The highest BCUT2D eigenvalue weighted by Crippen LogP contribution is 2.28. The first-order valence-electron chi connectivity index (χ1n) is 9.18. The molecule has 174 valence electrons. The molecule has 9 N–H and O–H groups in total. The van der Waals surface area contributed by atoms with E-state index in [1.54, 1.807) is 0 Å². The number of amides is 3. The third-order valence-electron chi connectivity index (χ3n) is 4.36. The zero-order valence-electron chi connectivity index (χ0n) is 17.0. The van der Waals surface area contributed by atoms with Gasteiger partial charge in [-0.2, -0.15) is 0 Å². The Balaban J connectivity index is 0.00000512. The number of carbonyl (C=O) groups is 3. The topological polar surface area (TPSA) is 197 Å². The number of hydrogen-bond donors (Lipinski definition) is 7. The zero-order valence-corrected chi connectivity index (χ0v) is 17.8. The van der Waals surface area contributed by atoms with Crippen LogP contribution in [0.15, 0.2) is 36.4 Å². The molecule has 0 fully saturated rings. The van der Waals surface area contributed by atoms with Gasteiger partial charge in [-0.25, -0.2) is 4.79 Å². The molecular formula is C20H24ClN4O7-. The Bertz CT molecular complexity index is 986. The lowest BCUT2D eigenvalue weighted by Crippen LogP contribution is -3.00. The van der Waals surface area contributed by atoms with E-state index in [2.05, 4.69) is 10.6 Å². The first-order chi connectivity index (χ1) is 14.6. The van der Waals surface area contributed by atoms with Crippen molar-refractivity contribution in [3.63, 3.8) is 0 Å². The summed E-state index contributed by atoms with van der Waals surface area (Å²) in [4.78, 5) is 35.6. The van der Waals surface area contributed by atoms with Gasteiger partial charge >= 0.3 is 6.09 Å². The standard InChI is InChI=1S/C20H24N4O7.ClH/c1-23-20(30)31-17-9-11(3-5-15(17)26)7-13(18(22)28)24-19(29)12(21)6-10-2-4-14(25)16(27)8-10;/h2-5,8-9,12-13,25-27H,6-7,21H2,1H3,(H2,22,28)(H,23,30)(H,24,29);1H/p-1/t12-,13+;/m1./s1. The summed E-state index contributed by atoms with van der Waals surface area (Å²) >= 11 is 0. The number of phenols is 3. The van der Waals surface area contributed by atoms with Crippen LogP contribution < -0.4 is 39.2 Å². The summed E-state index contributed by atoms with van der Waals surface area (Å²) in [6.45, 7) is 0. The predicted molar refractivity (Wildman–Crippen MR) is 109 cm³/mol. The molecule has 0 unspecified atom stereocenters. The van der Waals surface area contributed by atoms with Gasteiger partial charge in [0.05, 0.1) is 6.04 Å². The number of rotatable bonds is 8. The van der Waals surface area contributed by atoms with E-state index in [0.29, 0.717) is 11.1 Å². The molecular weight excluding hydrogens is 444 g/mol. The number of benzene rings is 2. The third-order valence-corrected chi connectivity index (χ3v) is 4.36. The van der Waals surface area contributed by atoms with Crippen LogP contribution in [0.25, 0.3) is 0 Å². The highest BCUT2D eigenvalue weighted by molar-refractivity contribution is 5.89. The lowest BCUT2D eigenvalue weighted by molar-refractivity contribution is -0.128. The molecule has 2 aromatic carbocycles. The van der Waals surface area contributed by atoms with Crippen LogP contribution in [-0.4, -0.2) is 52.4 Å². The Labute approximate surface area is 189 Å². The number of halogens is 1. The number of ether oxygens (including phenoxy) is 1. The van der Waals surface area contributed by atoms with Crippen LogP contribution in [0.2, 0.25) is 0 Å². The van der Waals surface area contributed by atoms with Crippen molar-refractivity contribution in [2.45, 2.75) is 24.9 Å². The first-order valence-corrected chi connectivity index (χ1v) is 9.18. The molecule has 0 aliphatic heterocycles. The Morgan fingerprint density at radius 2 is 1.56 bits per heavy atom. The van der Waals surface area contributed by atoms with Crippen molar-refractivity contribution in [3.05, 3.63) is 47.5 Å². The Morgan fingerprint density at radius 3 is 2.12 bits per heavy atom. The second-order valence-electron chi connectivity index (χ2n) is 6.74. The summed E-state index contributed by atoms with van der Waals surface area (Å²) < 4.78 is 4.92. The summed E-state index contributed by atoms with van der Waals surface area (Å²) in [5.41, 5.74) is 12.2. The molecule has 0 aliphatic rings. The lowest BCUT2D eigenvalue weighted by Gasteiger charge is -2.19. The molecule has 0 radical (unpaired) electrons. The Kier molecular flexibility index (Phi) is 9.57. The maximum Gasteiger partial charge on any atom is 0.412 e. The summed E-state index contributed by atoms with van der Waals surface area (Å²) in [6.07, 6.45) is -0.800. The van der Waals surface area contributed by atoms with Gasteiger partial charge in [-0.3, -0.25) is 9.59 Å². The van der Waals surface area contributed by atoms with Crippen molar-refractivity contribution in [2.24, 2.45) is 11.5 Å². The fraction of sp³-hybridized carbons (Fsp3) is 0.250. The Morgan fingerprint density at radius 1 is 0.969 bits per heavy atom. The average Bonchev–Trinajstić information content (AvgIpc) is 2.72. The first kappa shape index (κ1) is 26.3. The van der Waals surface area contributed by atoms with Crippen LogP contribution >= 0.6 is 0 Å². The maximum absolute atomic E-state index is 12.4. The minimum atomic E-state index is -1.12. The van der Waals surface area contributed by atoms with Crippen molar-refractivity contribution in [3.8, 4) is 23.0 Å². The van der Waals surface area contributed by atoms with E-state index in [0.717, 1.165) is 0 Å². The summed E-state index contributed by atoms with van der Waals surface area (Å²) in [5.74, 6) is -2.53. The van der Waals surface area contributed by atoms with Crippen LogP contribution in [0.3, 0.4) is 0 Å². The summed E-state index contributed by atoms with van der Waals surface area (Å²) in [6, 6.07) is 5.96. The number of aromatic hydroxyl groups is 3. The third kappa shape index (κ3) is 7.22. The van der Waals surface area contributed by atoms with Gasteiger partial charge in [0, 0.05) is 13.5 Å². The molecule has 2 aromatic rings. The Hall–Kier alpha value is -3.70. The second kappa shape index (κ2) is 11.6. The molecule has 32 heavy (non-hydrogen) atoms. The van der Waals surface area contributed by atoms with Gasteiger partial charge in [0.25, 0.3) is 0 Å². The van der Waals surface area contributed by atoms with Crippen LogP contribution in [0.5, 0.6) is 23.0 Å². The van der Waals surface area contributed by atoms with E-state index in [1.165, 1.54) is 43.4 Å². The minimum absolute atomic E-state index is 0. The van der Waals surface area contributed by atoms with E-state index in [-0.39, 0.29) is 48.2 Å². The molecule has 11 nitrogen and oxygen atoms in total. The molecule has 0 heterocycles. The second-order valence-corrected chi connectivity index (χ2v) is 6.74. The average molecular weight is 468 g/mol. The zero-order chi connectivity index (χ0) is 23.1. The van der Waals surface area contributed by atoms with Gasteiger partial charge in [-0.15, -0.1) is 0 Å². The van der Waals surface area contributed by atoms with Crippen molar-refractivity contribution >= 4 is 17.9 Å². The fourth-order valence-corrected chi connectivity index (χ4v) is 2.70. The van der Waals surface area contributed by atoms with E-state index in [4.69, 9.17) is 16.2 Å². The van der Waals surface area contributed by atoms with E-state index >= 15 is 0 Å². The largest absolute Gasteiger partial charge is 1.00 e. The SMILES string of the molecule is CNC(=O)Oc1cc(C[C@H](NC(=O)[C@H](N)Cc2ccc(O)c(O)c2)C(N)=O)ccc1O.[Cl-]. The molecule has 0 bridgehead atoms. The molecule has 2 atom stereocenters. The normalized spacial score (nSPS) is 12.1. The number of phenolic OH excluding ortho intramolecular Hbond substituents is 3. The molecule has 12 heteroatoms. The number of nitrogens with two attached hydrogens (primary N) is 2. The molecule has 0 saturated carbocycles. The van der Waals surface area contributed by atoms with Gasteiger partial charge in [-0.1, -0.05) is 12.1 Å². The van der Waals surface area contributed by atoms with Crippen LogP contribution in [0, 0.1) is 0 Å². The molecule has 0 aromatic heterocycles. The number of carbonyl (C=O) groups excluding carboxylic acids is 3. The van der Waals surface area contributed by atoms with Crippen molar-refractivity contribution in [2.75, 3.05) is 7.05 Å². The van der Waals surface area contributed by atoms with Crippen LogP contribution in [-0.2, 0) is 22.4 Å². The monoisotopic (exact) mass is 467 g/mol. The smallest absolute Gasteiger partial charge is 0.412 e. The minimum Gasteiger partial charge on any atom is -1.00 e. The highest BCUT2D eigenvalue weighted by atomic mass is 35.5. The van der Waals surface area contributed by atoms with Gasteiger partial charge in [0.2, 0.25) is 11.8 Å². The molecule has 0 aliphatic carbocycles. The molecule has 2 rings (SSSR count). The van der Waals surface area contributed by atoms with Gasteiger partial charge < -0.3 is 54.6 Å². The summed E-state index contributed by atoms with van der Waals surface area (Å²) in [5, 5.41) is 33.4. The maximum atomic E-state index is 12.4. The number of hydrogen-bond acceptors (Lipinski definition) is 8. The lowest BCUT2D eigenvalue weighted by atomic mass is 10.0. The van der Waals surface area contributed by atoms with Gasteiger partial charge in [0.15, 0.2) is 23.0 Å². The number of primary amides is 1. The molecule has 0 saturated heterocycles. The van der Waals surface area contributed by atoms with Crippen LogP contribution in [0.4, 0.5) is 4.79 Å². The van der Waals surface area contributed by atoms with E-state index in [1.807, 2.05) is 0 Å². The fourth-order valence-electron chi connectivity index (χ4n) is 2.70. The van der Waals surface area contributed by atoms with E-state index < -0.39 is 30.0 Å². The molecule has 3 amide bonds. The molecule has 0 spiro atoms. The predicted octanol–water partition coefficient (Wildman–Crippen LogP) is -3.39. The van der Waals surface area contributed by atoms with Crippen molar-refractivity contribution in [1.29, 1.82) is 0 Å². The van der Waals surface area contributed by atoms with E-state index in [9.17, 15) is 29.7 Å². The van der Waals surface area contributed by atoms with Crippen molar-refractivity contribution < 1.29 is 46.8 Å².